The molecular formula is C21H25FN2O3. The summed E-state index contributed by atoms with van der Waals surface area (Å²) in [5.41, 5.74) is 2.55. The van der Waals surface area contributed by atoms with E-state index in [0.717, 1.165) is 24.1 Å². The second-order valence-corrected chi connectivity index (χ2v) is 7.21. The molecule has 5 nitrogen and oxygen atoms in total. The van der Waals surface area contributed by atoms with E-state index in [4.69, 9.17) is 4.74 Å². The first kappa shape index (κ1) is 19.1. The standard InChI is InChI=1S/C21H25FN2O3/c1-13-19(14(2)23-20(13)15(3)25)21(26)24-10-4-5-16(11-24)12-27-18-8-6-17(22)7-9-18/h6-9,16,23H,4-5,10-12H2,1-3H3/t16-/m1/s1. The number of carbonyl (C=O) groups excluding carboxylic acids is 2. The van der Waals surface area contributed by atoms with Gasteiger partial charge in [0.1, 0.15) is 11.6 Å². The van der Waals surface area contributed by atoms with Crippen LogP contribution in [0, 0.1) is 25.6 Å². The number of carbonyl (C=O) groups is 2. The van der Waals surface area contributed by atoms with Gasteiger partial charge in [0.05, 0.1) is 17.9 Å². The lowest BCUT2D eigenvalue weighted by atomic mass is 9.97. The number of aromatic nitrogens is 1. The lowest BCUT2D eigenvalue weighted by molar-refractivity contribution is 0.0632. The number of likely N-dealkylation sites (tertiary alicyclic amines) is 1. The van der Waals surface area contributed by atoms with Crippen LogP contribution in [-0.4, -0.2) is 41.3 Å². The molecule has 2 heterocycles. The zero-order valence-electron chi connectivity index (χ0n) is 16.0. The van der Waals surface area contributed by atoms with E-state index in [1.807, 2.05) is 18.7 Å². The monoisotopic (exact) mass is 372 g/mol. The summed E-state index contributed by atoms with van der Waals surface area (Å²) in [4.78, 5) is 29.7. The van der Waals surface area contributed by atoms with Crippen LogP contribution in [0.4, 0.5) is 4.39 Å². The first-order valence-electron chi connectivity index (χ1n) is 9.24. The maximum Gasteiger partial charge on any atom is 0.255 e. The Morgan fingerprint density at radius 1 is 1.26 bits per heavy atom. The number of hydrogen-bond acceptors (Lipinski definition) is 3. The SMILES string of the molecule is CC(=O)c1[nH]c(C)c(C(=O)N2CCC[C@@H](COc3ccc(F)cc3)C2)c1C. The minimum atomic E-state index is -0.293. The van der Waals surface area contributed by atoms with Gasteiger partial charge < -0.3 is 14.6 Å². The van der Waals surface area contributed by atoms with Crippen LogP contribution in [0.25, 0.3) is 0 Å². The molecule has 2 aromatic rings. The first-order valence-corrected chi connectivity index (χ1v) is 9.24. The van der Waals surface area contributed by atoms with E-state index in [9.17, 15) is 14.0 Å². The molecule has 6 heteroatoms. The van der Waals surface area contributed by atoms with E-state index in [0.29, 0.717) is 36.7 Å². The van der Waals surface area contributed by atoms with Gasteiger partial charge in [0.2, 0.25) is 0 Å². The van der Waals surface area contributed by atoms with Crippen molar-refractivity contribution >= 4 is 11.7 Å². The number of ether oxygens (including phenoxy) is 1. The first-order chi connectivity index (χ1) is 12.9. The molecule has 0 aliphatic carbocycles. The van der Waals surface area contributed by atoms with E-state index in [1.165, 1.54) is 19.1 Å². The maximum atomic E-state index is 13.0. The predicted octanol–water partition coefficient (Wildman–Crippen LogP) is 3.90. The van der Waals surface area contributed by atoms with Crippen molar-refractivity contribution in [3.63, 3.8) is 0 Å². The predicted molar refractivity (Wildman–Crippen MR) is 101 cm³/mol. The molecule has 0 radical (unpaired) electrons. The second-order valence-electron chi connectivity index (χ2n) is 7.21. The van der Waals surface area contributed by atoms with Gasteiger partial charge in [0, 0.05) is 31.6 Å². The van der Waals surface area contributed by atoms with E-state index >= 15 is 0 Å². The number of aryl methyl sites for hydroxylation is 1. The Bertz CT molecular complexity index is 842. The van der Waals surface area contributed by atoms with Crippen molar-refractivity contribution < 1.29 is 18.7 Å². The summed E-state index contributed by atoms with van der Waals surface area (Å²) in [7, 11) is 0. The van der Waals surface area contributed by atoms with Gasteiger partial charge >= 0.3 is 0 Å². The number of aromatic amines is 1. The Kier molecular flexibility index (Phi) is 5.63. The van der Waals surface area contributed by atoms with Gasteiger partial charge in [0.25, 0.3) is 5.91 Å². The molecule has 3 rings (SSSR count). The van der Waals surface area contributed by atoms with Gasteiger partial charge in [-0.25, -0.2) is 4.39 Å². The number of benzene rings is 1. The van der Waals surface area contributed by atoms with Crippen LogP contribution < -0.4 is 4.74 Å². The molecule has 27 heavy (non-hydrogen) atoms. The van der Waals surface area contributed by atoms with Crippen LogP contribution in [0.15, 0.2) is 24.3 Å². The van der Waals surface area contributed by atoms with Crippen molar-refractivity contribution in [2.24, 2.45) is 5.92 Å². The molecule has 1 saturated heterocycles. The maximum absolute atomic E-state index is 13.0. The highest BCUT2D eigenvalue weighted by molar-refractivity contribution is 6.02. The molecule has 1 atom stereocenters. The topological polar surface area (TPSA) is 62.4 Å². The van der Waals surface area contributed by atoms with Gasteiger partial charge in [-0.15, -0.1) is 0 Å². The highest BCUT2D eigenvalue weighted by Gasteiger charge is 2.28. The van der Waals surface area contributed by atoms with Gasteiger partial charge in [-0.1, -0.05) is 0 Å². The normalized spacial score (nSPS) is 17.0. The van der Waals surface area contributed by atoms with Crippen LogP contribution in [0.5, 0.6) is 5.75 Å². The van der Waals surface area contributed by atoms with Gasteiger partial charge in [-0.3, -0.25) is 9.59 Å². The third-order valence-corrected chi connectivity index (χ3v) is 5.11. The third kappa shape index (κ3) is 4.21. The molecule has 0 unspecified atom stereocenters. The Morgan fingerprint density at radius 2 is 1.96 bits per heavy atom. The Balaban J connectivity index is 1.66. The number of H-pyrrole nitrogens is 1. The van der Waals surface area contributed by atoms with Crippen LogP contribution in [0.2, 0.25) is 0 Å². The lowest BCUT2D eigenvalue weighted by Crippen LogP contribution is -2.42. The molecule has 0 bridgehead atoms. The minimum absolute atomic E-state index is 0.0415. The number of nitrogens with zero attached hydrogens (tertiary/aromatic N) is 1. The van der Waals surface area contributed by atoms with E-state index in [1.54, 1.807) is 12.1 Å². The summed E-state index contributed by atoms with van der Waals surface area (Å²) in [5.74, 6) is 0.445. The van der Waals surface area contributed by atoms with Gasteiger partial charge in [-0.05, 0) is 56.5 Å². The third-order valence-electron chi connectivity index (χ3n) is 5.11. The molecule has 0 saturated carbocycles. The fourth-order valence-corrected chi connectivity index (χ4v) is 3.71. The molecule has 1 fully saturated rings. The Labute approximate surface area is 158 Å². The summed E-state index contributed by atoms with van der Waals surface area (Å²) in [6, 6.07) is 5.96. The molecule has 1 amide bonds. The van der Waals surface area contributed by atoms with Crippen molar-refractivity contribution in [2.75, 3.05) is 19.7 Å². The van der Waals surface area contributed by atoms with Gasteiger partial charge in [0.15, 0.2) is 5.78 Å². The summed E-state index contributed by atoms with van der Waals surface area (Å²) in [6.45, 7) is 6.93. The largest absolute Gasteiger partial charge is 0.493 e. The Morgan fingerprint density at radius 3 is 2.59 bits per heavy atom. The van der Waals surface area contributed by atoms with Crippen LogP contribution >= 0.6 is 0 Å². The highest BCUT2D eigenvalue weighted by Crippen LogP contribution is 2.24. The van der Waals surface area contributed by atoms with Crippen LogP contribution in [0.1, 0.15) is 51.9 Å². The fraction of sp³-hybridized carbons (Fsp3) is 0.429. The minimum Gasteiger partial charge on any atom is -0.493 e. The zero-order valence-corrected chi connectivity index (χ0v) is 16.0. The number of amides is 1. The van der Waals surface area contributed by atoms with E-state index < -0.39 is 0 Å². The van der Waals surface area contributed by atoms with Gasteiger partial charge in [-0.2, -0.15) is 0 Å². The molecule has 1 aromatic heterocycles. The summed E-state index contributed by atoms with van der Waals surface area (Å²) < 4.78 is 18.7. The molecule has 0 spiro atoms. The highest BCUT2D eigenvalue weighted by atomic mass is 19.1. The average Bonchev–Trinajstić information content (AvgIpc) is 2.95. The summed E-state index contributed by atoms with van der Waals surface area (Å²) in [6.07, 6.45) is 1.89. The quantitative estimate of drug-likeness (QED) is 0.810. The number of hydrogen-bond donors (Lipinski definition) is 1. The smallest absolute Gasteiger partial charge is 0.255 e. The number of nitrogens with one attached hydrogen (secondary N) is 1. The van der Waals surface area contributed by atoms with Crippen molar-refractivity contribution in [3.05, 3.63) is 52.6 Å². The van der Waals surface area contributed by atoms with E-state index in [-0.39, 0.29) is 23.4 Å². The molecule has 1 aliphatic rings. The molecule has 1 aliphatic heterocycles. The van der Waals surface area contributed by atoms with Crippen molar-refractivity contribution in [1.82, 2.24) is 9.88 Å². The number of Topliss-reactive ketones (excluding diaryl/α,β-unsaturated/α-hetero) is 1. The average molecular weight is 372 g/mol. The van der Waals surface area contributed by atoms with Crippen molar-refractivity contribution in [3.8, 4) is 5.75 Å². The molecule has 1 aromatic carbocycles. The van der Waals surface area contributed by atoms with Crippen molar-refractivity contribution in [1.29, 1.82) is 0 Å². The fourth-order valence-electron chi connectivity index (χ4n) is 3.71. The number of ketones is 1. The van der Waals surface area contributed by atoms with Crippen LogP contribution in [-0.2, 0) is 0 Å². The summed E-state index contributed by atoms with van der Waals surface area (Å²) >= 11 is 0. The second kappa shape index (κ2) is 7.94. The Hall–Kier alpha value is -2.63. The summed E-state index contributed by atoms with van der Waals surface area (Å²) in [5, 5.41) is 0. The van der Waals surface area contributed by atoms with Crippen molar-refractivity contribution in [2.45, 2.75) is 33.6 Å². The number of halogens is 1. The zero-order chi connectivity index (χ0) is 19.6. The number of piperidine rings is 1. The molecule has 1 N–H and O–H groups in total. The lowest BCUT2D eigenvalue weighted by Gasteiger charge is -2.33. The molecule has 144 valence electrons. The van der Waals surface area contributed by atoms with E-state index in [2.05, 4.69) is 4.98 Å². The molecular weight excluding hydrogens is 347 g/mol. The van der Waals surface area contributed by atoms with Crippen LogP contribution in [0.3, 0.4) is 0 Å². The number of rotatable bonds is 5.